The number of amides is 1. The Balaban J connectivity index is 2.03. The van der Waals surface area contributed by atoms with E-state index in [1.807, 2.05) is 0 Å². The maximum Gasteiger partial charge on any atom is 0.270 e. The number of nitro benzene ring substituents is 1. The second-order valence-corrected chi connectivity index (χ2v) is 4.77. The fourth-order valence-electron chi connectivity index (χ4n) is 2.17. The standard InChI is InChI=1S/C14H16N2O4/c17-13-5-2-8-15(10-13)14(18)7-6-11-3-1-4-12(9-11)16(19)20/h1,3-4,6-7,9,13,17H,2,5,8,10H2/b7-6-/t13-/m0/s1. The van der Waals surface area contributed by atoms with Crippen LogP contribution >= 0.6 is 0 Å². The maximum absolute atomic E-state index is 11.9. The van der Waals surface area contributed by atoms with Gasteiger partial charge >= 0.3 is 0 Å². The molecule has 0 aliphatic carbocycles. The molecule has 6 nitrogen and oxygen atoms in total. The SMILES string of the molecule is O=C(/C=C\c1cccc([N+](=O)[O-])c1)N1CCC[C@H](O)C1. The van der Waals surface area contributed by atoms with Crippen molar-refractivity contribution in [2.24, 2.45) is 0 Å². The van der Waals surface area contributed by atoms with Crippen molar-refractivity contribution in [1.29, 1.82) is 0 Å². The van der Waals surface area contributed by atoms with E-state index in [-0.39, 0.29) is 11.6 Å². The molecule has 1 aromatic carbocycles. The van der Waals surface area contributed by atoms with Gasteiger partial charge in [0.1, 0.15) is 0 Å². The number of β-amino-alcohol motifs (C(OH)–C–C–N with tert-alkyl or cyclic N) is 1. The van der Waals surface area contributed by atoms with Crippen LogP contribution in [0.4, 0.5) is 5.69 Å². The van der Waals surface area contributed by atoms with Crippen LogP contribution in [0.2, 0.25) is 0 Å². The molecule has 1 atom stereocenters. The second kappa shape index (κ2) is 6.29. The third-order valence-corrected chi connectivity index (χ3v) is 3.21. The van der Waals surface area contributed by atoms with Crippen molar-refractivity contribution in [2.45, 2.75) is 18.9 Å². The van der Waals surface area contributed by atoms with Gasteiger partial charge in [0.25, 0.3) is 5.69 Å². The Morgan fingerprint density at radius 2 is 2.30 bits per heavy atom. The quantitative estimate of drug-likeness (QED) is 0.516. The van der Waals surface area contributed by atoms with Gasteiger partial charge in [0.15, 0.2) is 0 Å². The Kier molecular flexibility index (Phi) is 4.47. The molecule has 1 fully saturated rings. The van der Waals surface area contributed by atoms with Crippen molar-refractivity contribution in [3.8, 4) is 0 Å². The highest BCUT2D eigenvalue weighted by atomic mass is 16.6. The summed E-state index contributed by atoms with van der Waals surface area (Å²) in [5.74, 6) is -0.185. The van der Waals surface area contributed by atoms with Gasteiger partial charge in [-0.2, -0.15) is 0 Å². The summed E-state index contributed by atoms with van der Waals surface area (Å²) < 4.78 is 0. The topological polar surface area (TPSA) is 83.7 Å². The Labute approximate surface area is 116 Å². The lowest BCUT2D eigenvalue weighted by Gasteiger charge is -2.29. The first-order valence-electron chi connectivity index (χ1n) is 6.46. The van der Waals surface area contributed by atoms with E-state index < -0.39 is 11.0 Å². The first-order valence-corrected chi connectivity index (χ1v) is 6.46. The molecular formula is C14H16N2O4. The van der Waals surface area contributed by atoms with Crippen LogP contribution in [0, 0.1) is 10.1 Å². The maximum atomic E-state index is 11.9. The van der Waals surface area contributed by atoms with Gasteiger partial charge in [0, 0.05) is 31.3 Å². The van der Waals surface area contributed by atoms with E-state index in [0.717, 1.165) is 12.8 Å². The lowest BCUT2D eigenvalue weighted by Crippen LogP contribution is -2.41. The molecule has 0 radical (unpaired) electrons. The summed E-state index contributed by atoms with van der Waals surface area (Å²) in [6.07, 6.45) is 3.99. The molecule has 0 unspecified atom stereocenters. The van der Waals surface area contributed by atoms with Crippen LogP contribution in [-0.2, 0) is 4.79 Å². The van der Waals surface area contributed by atoms with E-state index in [4.69, 9.17) is 0 Å². The summed E-state index contributed by atoms with van der Waals surface area (Å²) >= 11 is 0. The molecular weight excluding hydrogens is 260 g/mol. The number of hydrogen-bond donors (Lipinski definition) is 1. The molecule has 2 rings (SSSR count). The molecule has 0 saturated carbocycles. The minimum absolute atomic E-state index is 0.00649. The number of rotatable bonds is 3. The van der Waals surface area contributed by atoms with Crippen molar-refractivity contribution in [3.05, 3.63) is 46.0 Å². The Bertz CT molecular complexity index is 542. The average Bonchev–Trinajstić information content (AvgIpc) is 2.45. The summed E-state index contributed by atoms with van der Waals surface area (Å²) in [5, 5.41) is 20.2. The molecule has 0 bridgehead atoms. The van der Waals surface area contributed by atoms with Gasteiger partial charge in [-0.1, -0.05) is 12.1 Å². The predicted molar refractivity (Wildman–Crippen MR) is 74.0 cm³/mol. The zero-order valence-electron chi connectivity index (χ0n) is 10.9. The van der Waals surface area contributed by atoms with Crippen molar-refractivity contribution in [2.75, 3.05) is 13.1 Å². The molecule has 1 aliphatic rings. The highest BCUT2D eigenvalue weighted by molar-refractivity contribution is 5.91. The number of nitro groups is 1. The van der Waals surface area contributed by atoms with Crippen molar-refractivity contribution in [3.63, 3.8) is 0 Å². The fourth-order valence-corrected chi connectivity index (χ4v) is 2.17. The summed E-state index contributed by atoms with van der Waals surface area (Å²) in [5.41, 5.74) is 0.595. The van der Waals surface area contributed by atoms with E-state index in [0.29, 0.717) is 18.7 Å². The van der Waals surface area contributed by atoms with Crippen LogP contribution in [0.5, 0.6) is 0 Å². The summed E-state index contributed by atoms with van der Waals surface area (Å²) in [6.45, 7) is 0.979. The molecule has 1 aliphatic heterocycles. The number of carbonyl (C=O) groups is 1. The van der Waals surface area contributed by atoms with Crippen molar-refractivity contribution >= 4 is 17.7 Å². The van der Waals surface area contributed by atoms with E-state index in [2.05, 4.69) is 0 Å². The largest absolute Gasteiger partial charge is 0.391 e. The minimum Gasteiger partial charge on any atom is -0.391 e. The van der Waals surface area contributed by atoms with E-state index >= 15 is 0 Å². The number of aliphatic hydroxyl groups excluding tert-OH is 1. The Morgan fingerprint density at radius 1 is 1.50 bits per heavy atom. The number of benzene rings is 1. The normalized spacial score (nSPS) is 19.2. The number of nitrogens with zero attached hydrogens (tertiary/aromatic N) is 2. The second-order valence-electron chi connectivity index (χ2n) is 4.77. The molecule has 0 spiro atoms. The first kappa shape index (κ1) is 14.2. The van der Waals surface area contributed by atoms with Crippen LogP contribution in [0.25, 0.3) is 6.08 Å². The van der Waals surface area contributed by atoms with Gasteiger partial charge in [-0.3, -0.25) is 14.9 Å². The number of likely N-dealkylation sites (tertiary alicyclic amines) is 1. The summed E-state index contributed by atoms with van der Waals surface area (Å²) in [4.78, 5) is 23.7. The minimum atomic E-state index is -0.472. The fraction of sp³-hybridized carbons (Fsp3) is 0.357. The smallest absolute Gasteiger partial charge is 0.270 e. The predicted octanol–water partition coefficient (Wildman–Crippen LogP) is 1.59. The molecule has 1 heterocycles. The molecule has 0 aromatic heterocycles. The molecule has 1 saturated heterocycles. The van der Waals surface area contributed by atoms with Crippen LogP contribution < -0.4 is 0 Å². The Morgan fingerprint density at radius 3 is 3.00 bits per heavy atom. The van der Waals surface area contributed by atoms with Gasteiger partial charge in [0.2, 0.25) is 5.91 Å². The number of piperidine rings is 1. The zero-order chi connectivity index (χ0) is 14.5. The van der Waals surface area contributed by atoms with Crippen LogP contribution in [-0.4, -0.2) is 40.0 Å². The molecule has 1 amide bonds. The van der Waals surface area contributed by atoms with Crippen molar-refractivity contribution < 1.29 is 14.8 Å². The number of non-ortho nitro benzene ring substituents is 1. The van der Waals surface area contributed by atoms with Gasteiger partial charge in [-0.15, -0.1) is 0 Å². The zero-order valence-corrected chi connectivity index (χ0v) is 10.9. The average molecular weight is 276 g/mol. The third-order valence-electron chi connectivity index (χ3n) is 3.21. The van der Waals surface area contributed by atoms with Gasteiger partial charge < -0.3 is 10.0 Å². The van der Waals surface area contributed by atoms with Gasteiger partial charge in [0.05, 0.1) is 11.0 Å². The lowest BCUT2D eigenvalue weighted by atomic mass is 10.1. The monoisotopic (exact) mass is 276 g/mol. The van der Waals surface area contributed by atoms with Crippen LogP contribution in [0.1, 0.15) is 18.4 Å². The summed E-state index contributed by atoms with van der Waals surface area (Å²) in [6, 6.07) is 6.09. The lowest BCUT2D eigenvalue weighted by molar-refractivity contribution is -0.384. The van der Waals surface area contributed by atoms with E-state index in [1.165, 1.54) is 18.2 Å². The summed E-state index contributed by atoms with van der Waals surface area (Å²) in [7, 11) is 0. The third kappa shape index (κ3) is 3.64. The van der Waals surface area contributed by atoms with Gasteiger partial charge in [-0.05, 0) is 24.5 Å². The number of hydrogen-bond acceptors (Lipinski definition) is 4. The van der Waals surface area contributed by atoms with Crippen LogP contribution in [0.3, 0.4) is 0 Å². The number of carbonyl (C=O) groups excluding carboxylic acids is 1. The van der Waals surface area contributed by atoms with Crippen molar-refractivity contribution in [1.82, 2.24) is 4.90 Å². The molecule has 106 valence electrons. The number of aliphatic hydroxyl groups is 1. The highest BCUT2D eigenvalue weighted by Gasteiger charge is 2.20. The Hall–Kier alpha value is -2.21. The first-order chi connectivity index (χ1) is 9.56. The van der Waals surface area contributed by atoms with E-state index in [9.17, 15) is 20.0 Å². The molecule has 1 N–H and O–H groups in total. The molecule has 20 heavy (non-hydrogen) atoms. The highest BCUT2D eigenvalue weighted by Crippen LogP contribution is 2.15. The van der Waals surface area contributed by atoms with Gasteiger partial charge in [-0.25, -0.2) is 0 Å². The van der Waals surface area contributed by atoms with Crippen LogP contribution in [0.15, 0.2) is 30.3 Å². The molecule has 1 aromatic rings. The molecule has 6 heteroatoms. The van der Waals surface area contributed by atoms with E-state index in [1.54, 1.807) is 23.1 Å².